The predicted molar refractivity (Wildman–Crippen MR) is 54.2 cm³/mol. The summed E-state index contributed by atoms with van der Waals surface area (Å²) in [4.78, 5) is 0. The van der Waals surface area contributed by atoms with Crippen molar-refractivity contribution in [1.29, 1.82) is 0 Å². The summed E-state index contributed by atoms with van der Waals surface area (Å²) in [5.74, 6) is 0. The van der Waals surface area contributed by atoms with Crippen molar-refractivity contribution >= 4 is 0 Å². The van der Waals surface area contributed by atoms with Gasteiger partial charge in [0.25, 0.3) is 0 Å². The third-order valence-corrected chi connectivity index (χ3v) is 2.49. The van der Waals surface area contributed by atoms with Gasteiger partial charge in [-0.25, -0.2) is 0 Å². The third-order valence-electron chi connectivity index (χ3n) is 2.49. The maximum atomic E-state index is 9.03. The van der Waals surface area contributed by atoms with Crippen LogP contribution in [0.4, 0.5) is 0 Å². The first-order valence-corrected chi connectivity index (χ1v) is 5.44. The van der Waals surface area contributed by atoms with Crippen molar-refractivity contribution in [1.82, 2.24) is 5.32 Å². The van der Waals surface area contributed by atoms with Gasteiger partial charge in [-0.05, 0) is 32.2 Å². The van der Waals surface area contributed by atoms with Crippen LogP contribution in [0.25, 0.3) is 0 Å². The highest BCUT2D eigenvalue weighted by Crippen LogP contribution is 2.16. The fraction of sp³-hybridized carbons (Fsp3) is 1.00. The topological polar surface area (TPSA) is 61.7 Å². The Morgan fingerprint density at radius 2 is 2.36 bits per heavy atom. The van der Waals surface area contributed by atoms with Crippen LogP contribution in [0.5, 0.6) is 0 Å². The van der Waals surface area contributed by atoms with Gasteiger partial charge in [0.2, 0.25) is 0 Å². The Kier molecular flexibility index (Phi) is 6.10. The second-order valence-electron chi connectivity index (χ2n) is 3.82. The largest absolute Gasteiger partial charge is 0.394 e. The molecular formula is C10H21NO3. The number of aliphatic hydroxyl groups excluding tert-OH is 2. The average Bonchev–Trinajstić information content (AvgIpc) is 2.69. The number of rotatable bonds is 7. The molecule has 4 nitrogen and oxygen atoms in total. The van der Waals surface area contributed by atoms with Crippen LogP contribution in [0.3, 0.4) is 0 Å². The number of aliphatic hydroxyl groups is 2. The van der Waals surface area contributed by atoms with Crippen LogP contribution < -0.4 is 5.32 Å². The molecule has 3 N–H and O–H groups in total. The van der Waals surface area contributed by atoms with E-state index in [-0.39, 0.29) is 6.61 Å². The van der Waals surface area contributed by atoms with Gasteiger partial charge in [-0.3, -0.25) is 0 Å². The molecule has 2 atom stereocenters. The predicted octanol–water partition coefficient (Wildman–Crippen LogP) is -0.112. The first-order chi connectivity index (χ1) is 6.83. The Bertz CT molecular complexity index is 137. The Balaban J connectivity index is 1.84. The molecule has 0 saturated carbocycles. The van der Waals surface area contributed by atoms with Gasteiger partial charge in [0, 0.05) is 13.2 Å². The SMILES string of the molecule is OCC(O)CNCCCC1CCCO1. The zero-order chi connectivity index (χ0) is 10.2. The second-order valence-corrected chi connectivity index (χ2v) is 3.82. The Hall–Kier alpha value is -0.160. The van der Waals surface area contributed by atoms with Gasteiger partial charge in [0.1, 0.15) is 0 Å². The van der Waals surface area contributed by atoms with Gasteiger partial charge < -0.3 is 20.3 Å². The fourth-order valence-corrected chi connectivity index (χ4v) is 1.66. The van der Waals surface area contributed by atoms with Crippen LogP contribution in [0.15, 0.2) is 0 Å². The molecule has 1 fully saturated rings. The molecule has 1 aliphatic heterocycles. The van der Waals surface area contributed by atoms with Crippen molar-refractivity contribution in [3.63, 3.8) is 0 Å². The Labute approximate surface area is 85.3 Å². The minimum absolute atomic E-state index is 0.168. The number of hydrogen-bond donors (Lipinski definition) is 3. The monoisotopic (exact) mass is 203 g/mol. The van der Waals surface area contributed by atoms with Crippen LogP contribution in [0.2, 0.25) is 0 Å². The summed E-state index contributed by atoms with van der Waals surface area (Å²) in [5, 5.41) is 20.7. The molecule has 14 heavy (non-hydrogen) atoms. The van der Waals surface area contributed by atoms with Crippen LogP contribution in [-0.4, -0.2) is 48.7 Å². The van der Waals surface area contributed by atoms with Gasteiger partial charge in [0.05, 0.1) is 18.8 Å². The van der Waals surface area contributed by atoms with Crippen molar-refractivity contribution in [2.45, 2.75) is 37.9 Å². The molecule has 0 bridgehead atoms. The smallest absolute Gasteiger partial charge is 0.0894 e. The third kappa shape index (κ3) is 4.91. The Morgan fingerprint density at radius 3 is 3.00 bits per heavy atom. The molecule has 1 aliphatic rings. The molecule has 0 aliphatic carbocycles. The minimum atomic E-state index is -0.627. The summed E-state index contributed by atoms with van der Waals surface area (Å²) in [6.45, 7) is 2.11. The van der Waals surface area contributed by atoms with Crippen LogP contribution in [-0.2, 0) is 4.74 Å². The minimum Gasteiger partial charge on any atom is -0.394 e. The lowest BCUT2D eigenvalue weighted by atomic mass is 10.1. The maximum Gasteiger partial charge on any atom is 0.0894 e. The normalized spacial score (nSPS) is 24.0. The molecule has 0 radical (unpaired) electrons. The number of nitrogens with one attached hydrogen (secondary N) is 1. The van der Waals surface area contributed by atoms with Gasteiger partial charge in [-0.1, -0.05) is 0 Å². The van der Waals surface area contributed by atoms with Gasteiger partial charge in [-0.15, -0.1) is 0 Å². The first-order valence-electron chi connectivity index (χ1n) is 5.44. The van der Waals surface area contributed by atoms with Gasteiger partial charge in [0.15, 0.2) is 0 Å². The summed E-state index contributed by atoms with van der Waals surface area (Å²) >= 11 is 0. The highest BCUT2D eigenvalue weighted by Gasteiger charge is 2.14. The van der Waals surface area contributed by atoms with E-state index in [1.54, 1.807) is 0 Å². The number of hydrogen-bond acceptors (Lipinski definition) is 4. The van der Waals surface area contributed by atoms with Crippen LogP contribution in [0.1, 0.15) is 25.7 Å². The molecule has 1 heterocycles. The summed E-state index contributed by atoms with van der Waals surface area (Å²) < 4.78 is 5.48. The highest BCUT2D eigenvalue weighted by molar-refractivity contribution is 4.65. The highest BCUT2D eigenvalue weighted by atomic mass is 16.5. The molecule has 4 heteroatoms. The van der Waals surface area contributed by atoms with E-state index in [4.69, 9.17) is 14.9 Å². The lowest BCUT2D eigenvalue weighted by Gasteiger charge is -2.11. The molecule has 84 valence electrons. The maximum absolute atomic E-state index is 9.03. The van der Waals surface area contributed by atoms with Crippen molar-refractivity contribution in [3.8, 4) is 0 Å². The molecule has 0 spiro atoms. The molecule has 0 amide bonds. The lowest BCUT2D eigenvalue weighted by Crippen LogP contribution is -2.30. The van der Waals surface area contributed by atoms with E-state index in [0.717, 1.165) is 26.0 Å². The fourth-order valence-electron chi connectivity index (χ4n) is 1.66. The van der Waals surface area contributed by atoms with Crippen molar-refractivity contribution in [3.05, 3.63) is 0 Å². The molecule has 0 aromatic carbocycles. The molecule has 2 unspecified atom stereocenters. The van der Waals surface area contributed by atoms with Gasteiger partial charge >= 0.3 is 0 Å². The summed E-state index contributed by atoms with van der Waals surface area (Å²) in [5.41, 5.74) is 0. The molecule has 1 saturated heterocycles. The molecule has 0 aromatic rings. The zero-order valence-corrected chi connectivity index (χ0v) is 8.61. The van der Waals surface area contributed by atoms with E-state index in [1.807, 2.05) is 0 Å². The quantitative estimate of drug-likeness (QED) is 0.505. The molecule has 1 rings (SSSR count). The zero-order valence-electron chi connectivity index (χ0n) is 8.61. The summed E-state index contributed by atoms with van der Waals surface area (Å²) in [7, 11) is 0. The molecular weight excluding hydrogens is 182 g/mol. The average molecular weight is 203 g/mol. The van der Waals surface area contributed by atoms with Crippen molar-refractivity contribution in [2.24, 2.45) is 0 Å². The Morgan fingerprint density at radius 1 is 1.50 bits per heavy atom. The van der Waals surface area contributed by atoms with Crippen molar-refractivity contribution in [2.75, 3.05) is 26.3 Å². The van der Waals surface area contributed by atoms with Crippen LogP contribution >= 0.6 is 0 Å². The molecule has 0 aromatic heterocycles. The van der Waals surface area contributed by atoms with E-state index in [0.29, 0.717) is 12.6 Å². The van der Waals surface area contributed by atoms with Crippen molar-refractivity contribution < 1.29 is 14.9 Å². The second kappa shape index (κ2) is 7.17. The van der Waals surface area contributed by atoms with E-state index < -0.39 is 6.10 Å². The summed E-state index contributed by atoms with van der Waals surface area (Å²) in [6, 6.07) is 0. The lowest BCUT2D eigenvalue weighted by molar-refractivity contribution is 0.0916. The standard InChI is InChI=1S/C10H21NO3/c12-8-9(13)7-11-5-1-3-10-4-2-6-14-10/h9-13H,1-8H2. The van der Waals surface area contributed by atoms with E-state index in [1.165, 1.54) is 12.8 Å². The van der Waals surface area contributed by atoms with E-state index in [2.05, 4.69) is 5.32 Å². The number of ether oxygens (including phenoxy) is 1. The van der Waals surface area contributed by atoms with E-state index in [9.17, 15) is 0 Å². The first kappa shape index (κ1) is 11.9. The van der Waals surface area contributed by atoms with Crippen LogP contribution in [0, 0.1) is 0 Å². The van der Waals surface area contributed by atoms with E-state index >= 15 is 0 Å². The summed E-state index contributed by atoms with van der Waals surface area (Å²) in [6.07, 6.45) is 4.39. The van der Waals surface area contributed by atoms with Gasteiger partial charge in [-0.2, -0.15) is 0 Å².